The van der Waals surface area contributed by atoms with Crippen molar-refractivity contribution in [2.45, 2.75) is 18.9 Å². The Bertz CT molecular complexity index is 777. The van der Waals surface area contributed by atoms with Crippen LogP contribution in [0.3, 0.4) is 0 Å². The normalized spacial score (nSPS) is 17.2. The summed E-state index contributed by atoms with van der Waals surface area (Å²) < 4.78 is 15.7. The Hall–Kier alpha value is -3.17. The molecule has 0 spiro atoms. The summed E-state index contributed by atoms with van der Waals surface area (Å²) >= 11 is 0. The van der Waals surface area contributed by atoms with Crippen LogP contribution in [0, 0.1) is 10.1 Å². The Morgan fingerprint density at radius 2 is 2.20 bits per heavy atom. The Morgan fingerprint density at radius 1 is 1.40 bits per heavy atom. The minimum Gasteiger partial charge on any atom is -0.480 e. The van der Waals surface area contributed by atoms with Crippen LogP contribution in [0.2, 0.25) is 0 Å². The number of carbonyl (C=O) groups is 1. The van der Waals surface area contributed by atoms with Crippen molar-refractivity contribution in [3.05, 3.63) is 40.4 Å². The van der Waals surface area contributed by atoms with E-state index in [2.05, 4.69) is 9.97 Å². The molecule has 2 aromatic rings. The monoisotopic (exact) mass is 348 g/mol. The van der Waals surface area contributed by atoms with Gasteiger partial charge in [0.25, 0.3) is 5.91 Å². The lowest BCUT2D eigenvalue weighted by Crippen LogP contribution is -2.44. The fraction of sp³-hybridized carbons (Fsp3) is 0.400. The summed E-state index contributed by atoms with van der Waals surface area (Å²) in [4.78, 5) is 32.1. The molecular formula is C15H16N4O6. The van der Waals surface area contributed by atoms with Crippen molar-refractivity contribution in [3.63, 3.8) is 0 Å². The molecule has 1 aliphatic rings. The Morgan fingerprint density at radius 3 is 2.92 bits per heavy atom. The van der Waals surface area contributed by atoms with Crippen LogP contribution in [0.1, 0.15) is 23.4 Å². The second-order valence-electron chi connectivity index (χ2n) is 5.43. The Labute approximate surface area is 142 Å². The molecule has 10 heteroatoms. The fourth-order valence-electron chi connectivity index (χ4n) is 2.57. The highest BCUT2D eigenvalue weighted by Gasteiger charge is 2.28. The number of aromatic nitrogens is 2. The van der Waals surface area contributed by atoms with Gasteiger partial charge in [0.1, 0.15) is 11.0 Å². The molecule has 1 amide bonds. The highest BCUT2D eigenvalue weighted by Crippen LogP contribution is 2.22. The average molecular weight is 348 g/mol. The molecule has 0 aliphatic carbocycles. The molecule has 1 atom stereocenters. The number of methoxy groups -OCH3 is 1. The number of nitrogens with zero attached hydrogens (tertiary/aromatic N) is 4. The quantitative estimate of drug-likeness (QED) is 0.591. The van der Waals surface area contributed by atoms with E-state index < -0.39 is 16.7 Å². The summed E-state index contributed by atoms with van der Waals surface area (Å²) in [7, 11) is 1.48. The van der Waals surface area contributed by atoms with Crippen molar-refractivity contribution in [2.75, 3.05) is 20.2 Å². The molecule has 2 aromatic heterocycles. The summed E-state index contributed by atoms with van der Waals surface area (Å²) in [6.07, 6.45) is 4.16. The fourth-order valence-corrected chi connectivity index (χ4v) is 2.57. The maximum Gasteiger partial charge on any atom is 0.433 e. The highest BCUT2D eigenvalue weighted by atomic mass is 16.6. The van der Waals surface area contributed by atoms with Gasteiger partial charge in [-0.05, 0) is 18.9 Å². The first kappa shape index (κ1) is 16.7. The van der Waals surface area contributed by atoms with Gasteiger partial charge in [0, 0.05) is 6.54 Å². The number of amides is 1. The molecule has 0 N–H and O–H groups in total. The first-order valence-electron chi connectivity index (χ1n) is 7.63. The lowest BCUT2D eigenvalue weighted by atomic mass is 10.1. The van der Waals surface area contributed by atoms with Gasteiger partial charge in [0.2, 0.25) is 11.8 Å². The standard InChI is InChI=1S/C15H16N4O6/c1-23-12-7-16-8-13(17-12)24-10-3-2-6-18(9-10)15(20)11-4-5-14(25-11)19(21)22/h4-5,7-8,10H,2-3,6,9H2,1H3. The van der Waals surface area contributed by atoms with Crippen LogP contribution in [0.5, 0.6) is 11.8 Å². The lowest BCUT2D eigenvalue weighted by molar-refractivity contribution is -0.402. The second kappa shape index (κ2) is 7.16. The van der Waals surface area contributed by atoms with E-state index in [4.69, 9.17) is 13.9 Å². The number of likely N-dealkylation sites (tertiary alicyclic amines) is 1. The van der Waals surface area contributed by atoms with Gasteiger partial charge in [-0.1, -0.05) is 0 Å². The predicted octanol–water partition coefficient (Wildman–Crippen LogP) is 1.67. The number of furan rings is 1. The van der Waals surface area contributed by atoms with E-state index in [1.54, 1.807) is 4.90 Å². The van der Waals surface area contributed by atoms with Gasteiger partial charge in [0.05, 0.1) is 32.1 Å². The van der Waals surface area contributed by atoms with Crippen LogP contribution >= 0.6 is 0 Å². The summed E-state index contributed by atoms with van der Waals surface area (Å²) in [5, 5.41) is 10.7. The minimum atomic E-state index is -0.680. The van der Waals surface area contributed by atoms with Gasteiger partial charge in [-0.2, -0.15) is 4.98 Å². The summed E-state index contributed by atoms with van der Waals surface area (Å²) in [6, 6.07) is 2.47. The largest absolute Gasteiger partial charge is 0.480 e. The topological polar surface area (TPSA) is 121 Å². The van der Waals surface area contributed by atoms with E-state index in [0.29, 0.717) is 24.8 Å². The number of ether oxygens (including phenoxy) is 2. The van der Waals surface area contributed by atoms with Crippen molar-refractivity contribution in [1.82, 2.24) is 14.9 Å². The minimum absolute atomic E-state index is 0.0616. The molecule has 1 saturated heterocycles. The van der Waals surface area contributed by atoms with Gasteiger partial charge in [-0.3, -0.25) is 19.9 Å². The lowest BCUT2D eigenvalue weighted by Gasteiger charge is -2.31. The second-order valence-corrected chi connectivity index (χ2v) is 5.43. The van der Waals surface area contributed by atoms with E-state index in [1.165, 1.54) is 25.6 Å². The summed E-state index contributed by atoms with van der Waals surface area (Å²) in [5.41, 5.74) is 0. The first-order valence-corrected chi connectivity index (χ1v) is 7.63. The van der Waals surface area contributed by atoms with Gasteiger partial charge < -0.3 is 18.8 Å². The average Bonchev–Trinajstić information content (AvgIpc) is 3.12. The van der Waals surface area contributed by atoms with Crippen molar-refractivity contribution in [2.24, 2.45) is 0 Å². The van der Waals surface area contributed by atoms with Crippen LogP contribution in [0.4, 0.5) is 5.88 Å². The molecule has 1 fully saturated rings. The molecular weight excluding hydrogens is 332 g/mol. The third-order valence-corrected chi connectivity index (χ3v) is 3.73. The molecule has 0 saturated carbocycles. The van der Waals surface area contributed by atoms with E-state index in [1.807, 2.05) is 0 Å². The molecule has 0 aromatic carbocycles. The maximum absolute atomic E-state index is 12.4. The molecule has 3 heterocycles. The number of nitro groups is 1. The van der Waals surface area contributed by atoms with E-state index in [-0.39, 0.29) is 11.9 Å². The smallest absolute Gasteiger partial charge is 0.433 e. The van der Waals surface area contributed by atoms with Crippen LogP contribution in [0.25, 0.3) is 0 Å². The van der Waals surface area contributed by atoms with E-state index in [0.717, 1.165) is 18.9 Å². The van der Waals surface area contributed by atoms with E-state index >= 15 is 0 Å². The molecule has 132 valence electrons. The maximum atomic E-state index is 12.4. The molecule has 3 rings (SSSR count). The Kier molecular flexibility index (Phi) is 4.78. The van der Waals surface area contributed by atoms with Crippen molar-refractivity contribution >= 4 is 11.8 Å². The zero-order chi connectivity index (χ0) is 17.8. The zero-order valence-corrected chi connectivity index (χ0v) is 13.5. The molecule has 1 unspecified atom stereocenters. The van der Waals surface area contributed by atoms with Crippen LogP contribution in [-0.4, -0.2) is 52.0 Å². The van der Waals surface area contributed by atoms with Gasteiger partial charge in [-0.25, -0.2) is 0 Å². The van der Waals surface area contributed by atoms with E-state index in [9.17, 15) is 14.9 Å². The SMILES string of the molecule is COc1cncc(OC2CCCN(C(=O)c3ccc([N+](=O)[O-])o3)C2)n1. The van der Waals surface area contributed by atoms with Crippen LogP contribution in [0.15, 0.2) is 28.9 Å². The number of hydrogen-bond acceptors (Lipinski definition) is 8. The molecule has 1 aliphatic heterocycles. The summed E-state index contributed by atoms with van der Waals surface area (Å²) in [5.74, 6) is -0.275. The third-order valence-electron chi connectivity index (χ3n) is 3.73. The number of rotatable bonds is 5. The summed E-state index contributed by atoms with van der Waals surface area (Å²) in [6.45, 7) is 0.850. The molecule has 0 radical (unpaired) electrons. The Balaban J connectivity index is 1.65. The highest BCUT2D eigenvalue weighted by molar-refractivity contribution is 5.91. The zero-order valence-electron chi connectivity index (χ0n) is 13.5. The van der Waals surface area contributed by atoms with Crippen molar-refractivity contribution in [3.8, 4) is 11.8 Å². The third kappa shape index (κ3) is 3.84. The number of carbonyl (C=O) groups excluding carboxylic acids is 1. The predicted molar refractivity (Wildman–Crippen MR) is 83.5 cm³/mol. The molecule has 10 nitrogen and oxygen atoms in total. The van der Waals surface area contributed by atoms with Crippen LogP contribution in [-0.2, 0) is 0 Å². The molecule has 25 heavy (non-hydrogen) atoms. The molecule has 0 bridgehead atoms. The number of piperidine rings is 1. The van der Waals surface area contributed by atoms with Crippen LogP contribution < -0.4 is 9.47 Å². The van der Waals surface area contributed by atoms with Gasteiger partial charge >= 0.3 is 5.88 Å². The van der Waals surface area contributed by atoms with Crippen molar-refractivity contribution in [1.29, 1.82) is 0 Å². The van der Waals surface area contributed by atoms with Gasteiger partial charge in [0.15, 0.2) is 5.76 Å². The number of hydrogen-bond donors (Lipinski definition) is 0. The first-order chi connectivity index (χ1) is 12.1. The van der Waals surface area contributed by atoms with Gasteiger partial charge in [-0.15, -0.1) is 0 Å². The van der Waals surface area contributed by atoms with Crippen molar-refractivity contribution < 1.29 is 23.6 Å².